The number of carbonyl (C=O) groups is 1. The van der Waals surface area contributed by atoms with E-state index in [1.807, 2.05) is 13.8 Å². The van der Waals surface area contributed by atoms with Crippen molar-refractivity contribution < 1.29 is 14.3 Å². The molecule has 0 saturated carbocycles. The molecule has 0 aromatic carbocycles. The maximum absolute atomic E-state index is 10.9. The molecule has 1 rings (SSSR count). The van der Waals surface area contributed by atoms with Crippen LogP contribution in [0.4, 0.5) is 0 Å². The van der Waals surface area contributed by atoms with E-state index >= 15 is 0 Å². The number of carboxylic acids is 1. The van der Waals surface area contributed by atoms with E-state index < -0.39 is 11.4 Å². The lowest BCUT2D eigenvalue weighted by Crippen LogP contribution is -2.27. The normalized spacial score (nSPS) is 12.1. The highest BCUT2D eigenvalue weighted by molar-refractivity contribution is 5.79. The van der Waals surface area contributed by atoms with Gasteiger partial charge in [-0.3, -0.25) is 4.79 Å². The van der Waals surface area contributed by atoms with Crippen LogP contribution in [0.2, 0.25) is 0 Å². The molecule has 0 aliphatic heterocycles. The minimum Gasteiger partial charge on any atom is -0.481 e. The molecule has 0 radical (unpaired) electrons. The van der Waals surface area contributed by atoms with Crippen LogP contribution in [-0.4, -0.2) is 16.1 Å². The van der Waals surface area contributed by atoms with Gasteiger partial charge < -0.3 is 9.52 Å². The molecular formula is C10H15NO3. The van der Waals surface area contributed by atoms with Crippen LogP contribution in [0.3, 0.4) is 0 Å². The van der Waals surface area contributed by atoms with E-state index in [2.05, 4.69) is 4.98 Å². The summed E-state index contributed by atoms with van der Waals surface area (Å²) in [6.07, 6.45) is 1.49. The molecule has 1 aromatic heterocycles. The van der Waals surface area contributed by atoms with Gasteiger partial charge >= 0.3 is 5.97 Å². The van der Waals surface area contributed by atoms with E-state index in [1.165, 1.54) is 6.20 Å². The van der Waals surface area contributed by atoms with Crippen molar-refractivity contribution in [2.75, 3.05) is 0 Å². The lowest BCUT2D eigenvalue weighted by Gasteiger charge is -2.14. The van der Waals surface area contributed by atoms with Gasteiger partial charge in [0.2, 0.25) is 0 Å². The molecular weight excluding hydrogens is 182 g/mol. The molecule has 0 unspecified atom stereocenters. The van der Waals surface area contributed by atoms with Gasteiger partial charge in [-0.15, -0.1) is 0 Å². The van der Waals surface area contributed by atoms with Gasteiger partial charge in [0, 0.05) is 5.92 Å². The molecule has 78 valence electrons. The molecule has 0 spiro atoms. The summed E-state index contributed by atoms with van der Waals surface area (Å²) in [5.74, 6) is 0.236. The van der Waals surface area contributed by atoms with E-state index in [1.54, 1.807) is 13.8 Å². The van der Waals surface area contributed by atoms with Crippen LogP contribution in [0.25, 0.3) is 0 Å². The second-order valence-electron chi connectivity index (χ2n) is 4.15. The van der Waals surface area contributed by atoms with E-state index in [9.17, 15) is 4.79 Å². The number of oxazole rings is 1. The smallest absolute Gasteiger partial charge is 0.316 e. The maximum atomic E-state index is 10.9. The average Bonchev–Trinajstić information content (AvgIpc) is 2.51. The summed E-state index contributed by atoms with van der Waals surface area (Å²) < 4.78 is 5.38. The standard InChI is InChI=1S/C10H15NO3/c1-6(2)8-11-5-7(14-8)10(3,4)9(12)13/h5-6H,1-4H3,(H,12,13). The summed E-state index contributed by atoms with van der Waals surface area (Å²) >= 11 is 0. The van der Waals surface area contributed by atoms with Gasteiger partial charge in [-0.1, -0.05) is 13.8 Å². The minimum absolute atomic E-state index is 0.174. The first-order valence-electron chi connectivity index (χ1n) is 4.55. The quantitative estimate of drug-likeness (QED) is 0.806. The fourth-order valence-corrected chi connectivity index (χ4v) is 0.949. The Labute approximate surface area is 83.0 Å². The van der Waals surface area contributed by atoms with E-state index in [0.717, 1.165) is 0 Å². The Morgan fingerprint density at radius 1 is 1.57 bits per heavy atom. The molecule has 0 aliphatic rings. The second kappa shape index (κ2) is 3.44. The number of hydrogen-bond donors (Lipinski definition) is 1. The Hall–Kier alpha value is -1.32. The van der Waals surface area contributed by atoms with Crippen LogP contribution >= 0.6 is 0 Å². The van der Waals surface area contributed by atoms with Crippen LogP contribution in [0, 0.1) is 0 Å². The Morgan fingerprint density at radius 2 is 2.14 bits per heavy atom. The third kappa shape index (κ3) is 1.78. The number of hydrogen-bond acceptors (Lipinski definition) is 3. The third-order valence-corrected chi connectivity index (χ3v) is 2.17. The molecule has 0 bridgehead atoms. The van der Waals surface area contributed by atoms with Crippen LogP contribution in [0.1, 0.15) is 45.3 Å². The monoisotopic (exact) mass is 197 g/mol. The highest BCUT2D eigenvalue weighted by Gasteiger charge is 2.33. The summed E-state index contributed by atoms with van der Waals surface area (Å²) in [6, 6.07) is 0. The summed E-state index contributed by atoms with van der Waals surface area (Å²) in [5.41, 5.74) is -1.01. The fraction of sp³-hybridized carbons (Fsp3) is 0.600. The van der Waals surface area contributed by atoms with Crippen molar-refractivity contribution >= 4 is 5.97 Å². The lowest BCUT2D eigenvalue weighted by atomic mass is 9.91. The Bertz CT molecular complexity index is 339. The SMILES string of the molecule is CC(C)c1ncc(C(C)(C)C(=O)O)o1. The largest absolute Gasteiger partial charge is 0.481 e. The summed E-state index contributed by atoms with van der Waals surface area (Å²) in [5, 5.41) is 8.95. The number of rotatable bonds is 3. The van der Waals surface area contributed by atoms with Crippen LogP contribution in [0.5, 0.6) is 0 Å². The molecule has 0 saturated heterocycles. The first kappa shape index (κ1) is 10.8. The van der Waals surface area contributed by atoms with Gasteiger partial charge in [0.25, 0.3) is 0 Å². The predicted octanol–water partition coefficient (Wildman–Crippen LogP) is 2.16. The molecule has 1 aromatic rings. The minimum atomic E-state index is -1.01. The molecule has 1 heterocycles. The summed E-state index contributed by atoms with van der Waals surface area (Å²) in [6.45, 7) is 7.09. The van der Waals surface area contributed by atoms with Crippen LogP contribution < -0.4 is 0 Å². The first-order chi connectivity index (χ1) is 6.35. The molecule has 0 atom stereocenters. The van der Waals surface area contributed by atoms with E-state index in [4.69, 9.17) is 9.52 Å². The topological polar surface area (TPSA) is 63.3 Å². The zero-order valence-corrected chi connectivity index (χ0v) is 8.87. The van der Waals surface area contributed by atoms with Gasteiger partial charge in [-0.2, -0.15) is 0 Å². The van der Waals surface area contributed by atoms with Crippen molar-refractivity contribution in [3.8, 4) is 0 Å². The summed E-state index contributed by atoms with van der Waals surface area (Å²) in [7, 11) is 0. The summed E-state index contributed by atoms with van der Waals surface area (Å²) in [4.78, 5) is 14.9. The Balaban J connectivity index is 3.03. The number of aliphatic carboxylic acids is 1. The van der Waals surface area contributed by atoms with Gasteiger partial charge in [0.05, 0.1) is 6.20 Å². The molecule has 0 aliphatic carbocycles. The Morgan fingerprint density at radius 3 is 2.50 bits per heavy atom. The third-order valence-electron chi connectivity index (χ3n) is 2.17. The highest BCUT2D eigenvalue weighted by Crippen LogP contribution is 2.26. The molecule has 0 amide bonds. The lowest BCUT2D eigenvalue weighted by molar-refractivity contribution is -0.143. The molecule has 1 N–H and O–H groups in total. The second-order valence-corrected chi connectivity index (χ2v) is 4.15. The Kier molecular flexibility index (Phi) is 2.64. The molecule has 4 nitrogen and oxygen atoms in total. The van der Waals surface area contributed by atoms with Gasteiger partial charge in [0.1, 0.15) is 11.2 Å². The van der Waals surface area contributed by atoms with Crippen LogP contribution in [-0.2, 0) is 10.2 Å². The van der Waals surface area contributed by atoms with Crippen molar-refractivity contribution in [3.63, 3.8) is 0 Å². The zero-order chi connectivity index (χ0) is 10.9. The predicted molar refractivity (Wildman–Crippen MR) is 51.3 cm³/mol. The van der Waals surface area contributed by atoms with Crippen molar-refractivity contribution in [2.45, 2.75) is 39.0 Å². The van der Waals surface area contributed by atoms with Gasteiger partial charge in [-0.05, 0) is 13.8 Å². The average molecular weight is 197 g/mol. The number of nitrogens with zero attached hydrogens (tertiary/aromatic N) is 1. The first-order valence-corrected chi connectivity index (χ1v) is 4.55. The maximum Gasteiger partial charge on any atom is 0.316 e. The van der Waals surface area contributed by atoms with Crippen molar-refractivity contribution in [2.24, 2.45) is 0 Å². The van der Waals surface area contributed by atoms with Crippen molar-refractivity contribution in [3.05, 3.63) is 17.8 Å². The van der Waals surface area contributed by atoms with Gasteiger partial charge in [-0.25, -0.2) is 4.98 Å². The zero-order valence-electron chi connectivity index (χ0n) is 8.87. The molecule has 0 fully saturated rings. The number of aromatic nitrogens is 1. The highest BCUT2D eigenvalue weighted by atomic mass is 16.4. The van der Waals surface area contributed by atoms with Crippen LogP contribution in [0.15, 0.2) is 10.6 Å². The van der Waals surface area contributed by atoms with E-state index in [0.29, 0.717) is 11.7 Å². The van der Waals surface area contributed by atoms with Crippen molar-refractivity contribution in [1.82, 2.24) is 4.98 Å². The van der Waals surface area contributed by atoms with E-state index in [-0.39, 0.29) is 5.92 Å². The van der Waals surface area contributed by atoms with Gasteiger partial charge in [0.15, 0.2) is 5.89 Å². The molecule has 4 heteroatoms. The van der Waals surface area contributed by atoms with Crippen molar-refractivity contribution in [1.29, 1.82) is 0 Å². The number of carboxylic acid groups (broad SMARTS) is 1. The molecule has 14 heavy (non-hydrogen) atoms. The fourth-order valence-electron chi connectivity index (χ4n) is 0.949.